The SMILES string of the molecule is Clc1ccc(Cc2ccccc2P(c2ccccc2)c2ccccc2)cc1. The third-order valence-corrected chi connectivity index (χ3v) is 7.37. The van der Waals surface area contributed by atoms with E-state index in [4.69, 9.17) is 11.6 Å². The van der Waals surface area contributed by atoms with E-state index in [0.29, 0.717) is 0 Å². The van der Waals surface area contributed by atoms with Gasteiger partial charge in [-0.2, -0.15) is 0 Å². The smallest absolute Gasteiger partial charge is 0.0406 e. The number of rotatable bonds is 5. The summed E-state index contributed by atoms with van der Waals surface area (Å²) in [6, 6.07) is 38.7. The molecule has 0 fully saturated rings. The van der Waals surface area contributed by atoms with Crippen molar-refractivity contribution in [1.29, 1.82) is 0 Å². The van der Waals surface area contributed by atoms with E-state index in [0.717, 1.165) is 11.4 Å². The molecule has 0 aliphatic rings. The zero-order valence-corrected chi connectivity index (χ0v) is 16.6. The monoisotopic (exact) mass is 386 g/mol. The van der Waals surface area contributed by atoms with Crippen LogP contribution in [0.4, 0.5) is 0 Å². The molecule has 4 rings (SSSR count). The first-order valence-electron chi connectivity index (χ1n) is 9.04. The molecule has 0 saturated heterocycles. The lowest BCUT2D eigenvalue weighted by molar-refractivity contribution is 1.21. The van der Waals surface area contributed by atoms with Crippen molar-refractivity contribution in [3.63, 3.8) is 0 Å². The van der Waals surface area contributed by atoms with Crippen molar-refractivity contribution in [3.8, 4) is 0 Å². The van der Waals surface area contributed by atoms with Crippen LogP contribution in [0, 0.1) is 0 Å². The fourth-order valence-electron chi connectivity index (χ4n) is 3.28. The van der Waals surface area contributed by atoms with Gasteiger partial charge in [0.1, 0.15) is 0 Å². The van der Waals surface area contributed by atoms with Crippen molar-refractivity contribution >= 4 is 35.4 Å². The largest absolute Gasteiger partial charge is 0.0843 e. The Morgan fingerprint density at radius 3 is 1.67 bits per heavy atom. The predicted octanol–water partition coefficient (Wildman–Crippen LogP) is 5.69. The molecule has 0 aliphatic carbocycles. The number of hydrogen-bond acceptors (Lipinski definition) is 0. The minimum atomic E-state index is -0.595. The van der Waals surface area contributed by atoms with Crippen LogP contribution >= 0.6 is 19.5 Å². The van der Waals surface area contributed by atoms with Crippen LogP contribution in [0.5, 0.6) is 0 Å². The Balaban J connectivity index is 1.80. The van der Waals surface area contributed by atoms with Gasteiger partial charge in [-0.25, -0.2) is 0 Å². The molecule has 0 aromatic heterocycles. The summed E-state index contributed by atoms with van der Waals surface area (Å²) in [4.78, 5) is 0. The normalized spacial score (nSPS) is 10.9. The van der Waals surface area contributed by atoms with Gasteiger partial charge in [0.2, 0.25) is 0 Å². The van der Waals surface area contributed by atoms with Crippen LogP contribution in [-0.2, 0) is 6.42 Å². The number of hydrogen-bond donors (Lipinski definition) is 0. The second-order valence-electron chi connectivity index (χ2n) is 6.44. The topological polar surface area (TPSA) is 0 Å². The molecule has 0 nitrogen and oxygen atoms in total. The molecule has 132 valence electrons. The summed E-state index contributed by atoms with van der Waals surface area (Å²) in [6.07, 6.45) is 0.909. The van der Waals surface area contributed by atoms with Crippen LogP contribution in [0.25, 0.3) is 0 Å². The van der Waals surface area contributed by atoms with Crippen molar-refractivity contribution in [2.45, 2.75) is 6.42 Å². The first-order valence-corrected chi connectivity index (χ1v) is 10.8. The fraction of sp³-hybridized carbons (Fsp3) is 0.0400. The molecule has 0 heterocycles. The van der Waals surface area contributed by atoms with Crippen molar-refractivity contribution < 1.29 is 0 Å². The summed E-state index contributed by atoms with van der Waals surface area (Å²) < 4.78 is 0. The van der Waals surface area contributed by atoms with E-state index in [1.807, 2.05) is 12.1 Å². The van der Waals surface area contributed by atoms with Crippen LogP contribution in [0.2, 0.25) is 5.02 Å². The Labute approximate surface area is 167 Å². The van der Waals surface area contributed by atoms with Crippen molar-refractivity contribution in [1.82, 2.24) is 0 Å². The number of benzene rings is 4. The summed E-state index contributed by atoms with van der Waals surface area (Å²) >= 11 is 6.06. The summed E-state index contributed by atoms with van der Waals surface area (Å²) in [5.41, 5.74) is 2.65. The molecule has 2 heteroatoms. The molecule has 0 saturated carbocycles. The molecule has 0 N–H and O–H groups in total. The first-order chi connectivity index (χ1) is 13.3. The third kappa shape index (κ3) is 4.30. The molecule has 27 heavy (non-hydrogen) atoms. The molecule has 0 aliphatic heterocycles. The van der Waals surface area contributed by atoms with Crippen LogP contribution in [0.3, 0.4) is 0 Å². The lowest BCUT2D eigenvalue weighted by Crippen LogP contribution is -2.23. The summed E-state index contributed by atoms with van der Waals surface area (Å²) in [5.74, 6) is 0. The van der Waals surface area contributed by atoms with E-state index in [-0.39, 0.29) is 0 Å². The van der Waals surface area contributed by atoms with E-state index < -0.39 is 7.92 Å². The fourth-order valence-corrected chi connectivity index (χ4v) is 5.88. The zero-order valence-electron chi connectivity index (χ0n) is 14.9. The molecular formula is C25H20ClP. The second kappa shape index (κ2) is 8.53. The van der Waals surface area contributed by atoms with E-state index in [9.17, 15) is 0 Å². The Hall–Kier alpha value is -2.40. The lowest BCUT2D eigenvalue weighted by Gasteiger charge is -2.22. The van der Waals surface area contributed by atoms with Gasteiger partial charge >= 0.3 is 0 Å². The van der Waals surface area contributed by atoms with Gasteiger partial charge in [-0.1, -0.05) is 109 Å². The molecular weight excluding hydrogens is 367 g/mol. The van der Waals surface area contributed by atoms with Gasteiger partial charge < -0.3 is 0 Å². The highest BCUT2D eigenvalue weighted by atomic mass is 35.5. The van der Waals surface area contributed by atoms with Crippen LogP contribution < -0.4 is 15.9 Å². The maximum atomic E-state index is 6.06. The number of halogens is 1. The highest BCUT2D eigenvalue weighted by Crippen LogP contribution is 2.34. The highest BCUT2D eigenvalue weighted by molar-refractivity contribution is 7.79. The quantitative estimate of drug-likeness (QED) is 0.386. The van der Waals surface area contributed by atoms with Gasteiger partial charge in [0.05, 0.1) is 0 Å². The predicted molar refractivity (Wildman–Crippen MR) is 119 cm³/mol. The van der Waals surface area contributed by atoms with Crippen molar-refractivity contribution in [3.05, 3.63) is 125 Å². The van der Waals surface area contributed by atoms with E-state index in [2.05, 4.69) is 97.1 Å². The van der Waals surface area contributed by atoms with E-state index in [1.165, 1.54) is 27.0 Å². The van der Waals surface area contributed by atoms with Gasteiger partial charge in [-0.05, 0) is 53.5 Å². The lowest BCUT2D eigenvalue weighted by atomic mass is 10.1. The van der Waals surface area contributed by atoms with Gasteiger partial charge in [-0.3, -0.25) is 0 Å². The maximum Gasteiger partial charge on any atom is 0.0406 e. The Kier molecular flexibility index (Phi) is 5.68. The van der Waals surface area contributed by atoms with Crippen molar-refractivity contribution in [2.24, 2.45) is 0 Å². The van der Waals surface area contributed by atoms with Gasteiger partial charge in [0.15, 0.2) is 0 Å². The average molecular weight is 387 g/mol. The Bertz CT molecular complexity index is 956. The molecule has 0 spiro atoms. The molecule has 0 amide bonds. The van der Waals surface area contributed by atoms with Crippen LogP contribution in [-0.4, -0.2) is 0 Å². The molecule has 4 aromatic rings. The standard InChI is InChI=1S/C25H20ClP/c26-22-17-15-20(16-18-22)19-21-9-7-8-14-25(21)27(23-10-3-1-4-11-23)24-12-5-2-6-13-24/h1-18H,19H2. The minimum Gasteiger partial charge on any atom is -0.0843 e. The summed E-state index contributed by atoms with van der Waals surface area (Å²) in [7, 11) is -0.595. The molecule has 0 unspecified atom stereocenters. The molecule has 0 atom stereocenters. The Morgan fingerprint density at radius 2 is 1.07 bits per heavy atom. The third-order valence-electron chi connectivity index (χ3n) is 4.57. The van der Waals surface area contributed by atoms with Crippen molar-refractivity contribution in [2.75, 3.05) is 0 Å². The van der Waals surface area contributed by atoms with Gasteiger partial charge in [0, 0.05) is 5.02 Å². The molecule has 4 aromatic carbocycles. The minimum absolute atomic E-state index is 0.595. The summed E-state index contributed by atoms with van der Waals surface area (Å²) in [6.45, 7) is 0. The van der Waals surface area contributed by atoms with Gasteiger partial charge in [0.25, 0.3) is 0 Å². The van der Waals surface area contributed by atoms with E-state index >= 15 is 0 Å². The molecule has 0 radical (unpaired) electrons. The second-order valence-corrected chi connectivity index (χ2v) is 9.06. The highest BCUT2D eigenvalue weighted by Gasteiger charge is 2.19. The van der Waals surface area contributed by atoms with E-state index in [1.54, 1.807) is 0 Å². The zero-order chi connectivity index (χ0) is 18.5. The maximum absolute atomic E-state index is 6.06. The van der Waals surface area contributed by atoms with Crippen LogP contribution in [0.15, 0.2) is 109 Å². The van der Waals surface area contributed by atoms with Crippen LogP contribution in [0.1, 0.15) is 11.1 Å². The first kappa shape index (κ1) is 18.0. The molecule has 0 bridgehead atoms. The Morgan fingerprint density at radius 1 is 0.556 bits per heavy atom. The average Bonchev–Trinajstić information content (AvgIpc) is 2.73. The van der Waals surface area contributed by atoms with Gasteiger partial charge in [-0.15, -0.1) is 0 Å². The summed E-state index contributed by atoms with van der Waals surface area (Å²) in [5, 5.41) is 4.95.